The van der Waals surface area contributed by atoms with Crippen LogP contribution in [0.2, 0.25) is 0 Å². The van der Waals surface area contributed by atoms with Crippen molar-refractivity contribution in [2.45, 2.75) is 12.5 Å². The quantitative estimate of drug-likeness (QED) is 0.792. The lowest BCUT2D eigenvalue weighted by Gasteiger charge is -2.05. The lowest BCUT2D eigenvalue weighted by Crippen LogP contribution is -2.13. The maximum Gasteiger partial charge on any atom is 0.244 e. The van der Waals surface area contributed by atoms with Gasteiger partial charge in [-0.2, -0.15) is 4.98 Å². The number of hydrogen-bond donors (Lipinski definition) is 1. The first-order chi connectivity index (χ1) is 9.33. The van der Waals surface area contributed by atoms with Crippen LogP contribution in [0, 0.1) is 0 Å². The van der Waals surface area contributed by atoms with Gasteiger partial charge in [0.05, 0.1) is 10.9 Å². The Hall–Kier alpha value is -1.98. The molecular formula is C14H13N3OS. The highest BCUT2D eigenvalue weighted by atomic mass is 32.1. The van der Waals surface area contributed by atoms with E-state index in [2.05, 4.69) is 10.1 Å². The Balaban J connectivity index is 1.76. The summed E-state index contributed by atoms with van der Waals surface area (Å²) in [6.45, 7) is 0. The third-order valence-corrected chi connectivity index (χ3v) is 3.66. The highest BCUT2D eigenvalue weighted by Gasteiger charge is 2.16. The van der Waals surface area contributed by atoms with E-state index in [0.29, 0.717) is 18.1 Å². The van der Waals surface area contributed by atoms with Crippen LogP contribution >= 0.6 is 11.3 Å². The highest BCUT2D eigenvalue weighted by Crippen LogP contribution is 2.23. The van der Waals surface area contributed by atoms with Gasteiger partial charge in [0.2, 0.25) is 11.7 Å². The van der Waals surface area contributed by atoms with Crippen molar-refractivity contribution in [3.8, 4) is 10.7 Å². The minimum atomic E-state index is -0.274. The van der Waals surface area contributed by atoms with Gasteiger partial charge in [-0.05, 0) is 23.4 Å². The Morgan fingerprint density at radius 2 is 2.00 bits per heavy atom. The average Bonchev–Trinajstić information content (AvgIpc) is 3.11. The molecule has 0 amide bonds. The van der Waals surface area contributed by atoms with Crippen LogP contribution in [0.5, 0.6) is 0 Å². The van der Waals surface area contributed by atoms with E-state index >= 15 is 0 Å². The van der Waals surface area contributed by atoms with Gasteiger partial charge in [-0.1, -0.05) is 41.6 Å². The fraction of sp³-hybridized carbons (Fsp3) is 0.143. The molecule has 0 radical (unpaired) electrons. The molecule has 96 valence electrons. The molecule has 0 unspecified atom stereocenters. The van der Waals surface area contributed by atoms with Crippen molar-refractivity contribution in [3.63, 3.8) is 0 Å². The van der Waals surface area contributed by atoms with Gasteiger partial charge in [0, 0.05) is 0 Å². The first-order valence-corrected chi connectivity index (χ1v) is 6.88. The Morgan fingerprint density at radius 1 is 1.16 bits per heavy atom. The van der Waals surface area contributed by atoms with E-state index in [1.54, 1.807) is 11.3 Å². The van der Waals surface area contributed by atoms with Crippen LogP contribution in [0.15, 0.2) is 52.4 Å². The molecule has 2 N–H and O–H groups in total. The first-order valence-electron chi connectivity index (χ1n) is 6.00. The molecule has 0 fully saturated rings. The van der Waals surface area contributed by atoms with Crippen LogP contribution in [-0.4, -0.2) is 10.1 Å². The second-order valence-electron chi connectivity index (χ2n) is 4.23. The SMILES string of the molecule is N[C@H](Cc1ccccc1)c1nc(-c2cccs2)no1. The fourth-order valence-corrected chi connectivity index (χ4v) is 2.50. The summed E-state index contributed by atoms with van der Waals surface area (Å²) in [5.74, 6) is 1.08. The second-order valence-corrected chi connectivity index (χ2v) is 5.18. The summed E-state index contributed by atoms with van der Waals surface area (Å²) in [4.78, 5) is 5.34. The van der Waals surface area contributed by atoms with Crippen molar-refractivity contribution in [2.24, 2.45) is 5.73 Å². The van der Waals surface area contributed by atoms with Crippen LogP contribution in [0.25, 0.3) is 10.7 Å². The Bertz CT molecular complexity index is 634. The smallest absolute Gasteiger partial charge is 0.244 e. The van der Waals surface area contributed by atoms with Gasteiger partial charge in [0.1, 0.15) is 0 Å². The molecule has 5 heteroatoms. The molecule has 19 heavy (non-hydrogen) atoms. The van der Waals surface area contributed by atoms with Crippen molar-refractivity contribution >= 4 is 11.3 Å². The zero-order valence-corrected chi connectivity index (χ0v) is 11.0. The van der Waals surface area contributed by atoms with Crippen molar-refractivity contribution < 1.29 is 4.52 Å². The zero-order valence-electron chi connectivity index (χ0n) is 10.2. The monoisotopic (exact) mass is 271 g/mol. The van der Waals surface area contributed by atoms with E-state index in [0.717, 1.165) is 10.4 Å². The first kappa shape index (κ1) is 12.1. The molecule has 1 atom stereocenters. The topological polar surface area (TPSA) is 64.9 Å². The van der Waals surface area contributed by atoms with Gasteiger partial charge < -0.3 is 10.3 Å². The van der Waals surface area contributed by atoms with Crippen molar-refractivity contribution in [3.05, 3.63) is 59.3 Å². The molecule has 0 saturated heterocycles. The van der Waals surface area contributed by atoms with Crippen molar-refractivity contribution in [1.82, 2.24) is 10.1 Å². The molecule has 0 bridgehead atoms. The van der Waals surface area contributed by atoms with Gasteiger partial charge >= 0.3 is 0 Å². The molecule has 0 aliphatic heterocycles. The number of nitrogens with zero attached hydrogens (tertiary/aromatic N) is 2. The molecule has 1 aromatic carbocycles. The van der Waals surface area contributed by atoms with Gasteiger partial charge in [-0.3, -0.25) is 0 Å². The predicted octanol–water partition coefficient (Wildman–Crippen LogP) is 3.04. The predicted molar refractivity (Wildman–Crippen MR) is 74.7 cm³/mol. The van der Waals surface area contributed by atoms with Gasteiger partial charge in [-0.15, -0.1) is 11.3 Å². The fourth-order valence-electron chi connectivity index (χ4n) is 1.85. The minimum Gasteiger partial charge on any atom is -0.337 e. The molecule has 2 heterocycles. The Labute approximate surface area is 114 Å². The normalized spacial score (nSPS) is 12.5. The molecule has 3 rings (SSSR count). The summed E-state index contributed by atoms with van der Waals surface area (Å²) in [5, 5.41) is 5.95. The van der Waals surface area contributed by atoms with Crippen LogP contribution in [0.4, 0.5) is 0 Å². The number of benzene rings is 1. The minimum absolute atomic E-state index is 0.274. The van der Waals surface area contributed by atoms with Crippen LogP contribution < -0.4 is 5.73 Å². The lowest BCUT2D eigenvalue weighted by atomic mass is 10.1. The van der Waals surface area contributed by atoms with E-state index in [1.165, 1.54) is 0 Å². The third-order valence-electron chi connectivity index (χ3n) is 2.80. The number of hydrogen-bond acceptors (Lipinski definition) is 5. The molecule has 3 aromatic rings. The molecule has 0 spiro atoms. The van der Waals surface area contributed by atoms with Crippen molar-refractivity contribution in [2.75, 3.05) is 0 Å². The van der Waals surface area contributed by atoms with E-state index < -0.39 is 0 Å². The van der Waals surface area contributed by atoms with E-state index in [4.69, 9.17) is 10.3 Å². The maximum absolute atomic E-state index is 6.10. The number of thiophene rings is 1. The third kappa shape index (κ3) is 2.72. The van der Waals surface area contributed by atoms with Crippen LogP contribution in [0.1, 0.15) is 17.5 Å². The number of aromatic nitrogens is 2. The summed E-state index contributed by atoms with van der Waals surface area (Å²) >= 11 is 1.58. The second kappa shape index (κ2) is 5.34. The molecule has 2 aromatic heterocycles. The van der Waals surface area contributed by atoms with E-state index in [1.807, 2.05) is 47.8 Å². The van der Waals surface area contributed by atoms with Gasteiger partial charge in [0.15, 0.2) is 0 Å². The van der Waals surface area contributed by atoms with Gasteiger partial charge in [-0.25, -0.2) is 0 Å². The Morgan fingerprint density at radius 3 is 2.74 bits per heavy atom. The molecule has 0 aliphatic carbocycles. The summed E-state index contributed by atoms with van der Waals surface area (Å²) < 4.78 is 5.24. The number of rotatable bonds is 4. The largest absolute Gasteiger partial charge is 0.337 e. The zero-order chi connectivity index (χ0) is 13.1. The number of nitrogens with two attached hydrogens (primary N) is 1. The summed E-state index contributed by atoms with van der Waals surface area (Å²) in [6, 6.07) is 13.7. The molecule has 4 nitrogen and oxygen atoms in total. The standard InChI is InChI=1S/C14H13N3OS/c15-11(9-10-5-2-1-3-6-10)14-16-13(17-18-14)12-7-4-8-19-12/h1-8,11H,9,15H2/t11-/m1/s1. The van der Waals surface area contributed by atoms with E-state index in [-0.39, 0.29) is 6.04 Å². The lowest BCUT2D eigenvalue weighted by molar-refractivity contribution is 0.354. The average molecular weight is 271 g/mol. The molecular weight excluding hydrogens is 258 g/mol. The summed E-state index contributed by atoms with van der Waals surface area (Å²) in [7, 11) is 0. The maximum atomic E-state index is 6.10. The highest BCUT2D eigenvalue weighted by molar-refractivity contribution is 7.13. The van der Waals surface area contributed by atoms with Gasteiger partial charge in [0.25, 0.3) is 0 Å². The van der Waals surface area contributed by atoms with Crippen molar-refractivity contribution in [1.29, 1.82) is 0 Å². The Kier molecular flexibility index (Phi) is 3.39. The van der Waals surface area contributed by atoms with Crippen LogP contribution in [0.3, 0.4) is 0 Å². The molecule has 0 aliphatic rings. The molecule has 0 saturated carbocycles. The summed E-state index contributed by atoms with van der Waals surface area (Å²) in [6.07, 6.45) is 0.687. The summed E-state index contributed by atoms with van der Waals surface area (Å²) in [5.41, 5.74) is 7.26. The van der Waals surface area contributed by atoms with Crippen LogP contribution in [-0.2, 0) is 6.42 Å². The van der Waals surface area contributed by atoms with E-state index in [9.17, 15) is 0 Å².